The van der Waals surface area contributed by atoms with Crippen molar-refractivity contribution in [3.8, 4) is 0 Å². The zero-order valence-corrected chi connectivity index (χ0v) is 10.8. The smallest absolute Gasteiger partial charge is 0.0798 e. The van der Waals surface area contributed by atoms with E-state index < -0.39 is 0 Å². The first-order valence-electron chi connectivity index (χ1n) is 5.68. The van der Waals surface area contributed by atoms with Crippen LogP contribution in [0.15, 0.2) is 29.2 Å². The molecule has 1 N–H and O–H groups in total. The zero-order chi connectivity index (χ0) is 11.8. The minimum Gasteiger partial charge on any atom is -0.388 e. The maximum atomic E-state index is 9.87. The zero-order valence-electron chi connectivity index (χ0n) is 9.98. The van der Waals surface area contributed by atoms with Gasteiger partial charge in [0, 0.05) is 24.4 Å². The second-order valence-corrected chi connectivity index (χ2v) is 4.79. The Balaban J connectivity index is 2.57. The van der Waals surface area contributed by atoms with E-state index in [0.717, 1.165) is 30.8 Å². The quantitative estimate of drug-likeness (QED) is 0.586. The Morgan fingerprint density at radius 3 is 2.81 bits per heavy atom. The van der Waals surface area contributed by atoms with Crippen molar-refractivity contribution in [2.24, 2.45) is 0 Å². The van der Waals surface area contributed by atoms with Gasteiger partial charge in [0.1, 0.15) is 0 Å². The Morgan fingerprint density at radius 1 is 1.38 bits per heavy atom. The highest BCUT2D eigenvalue weighted by Gasteiger charge is 2.09. The maximum absolute atomic E-state index is 9.87. The Labute approximate surface area is 102 Å². The molecule has 16 heavy (non-hydrogen) atoms. The highest BCUT2D eigenvalue weighted by Crippen LogP contribution is 2.29. The molecular weight excluding hydrogens is 220 g/mol. The van der Waals surface area contributed by atoms with Gasteiger partial charge in [-0.25, -0.2) is 0 Å². The number of aliphatic hydroxyl groups is 1. The predicted molar refractivity (Wildman–Crippen MR) is 68.9 cm³/mol. The fraction of sp³-hybridized carbons (Fsp3) is 0.538. The molecule has 0 aliphatic carbocycles. The molecule has 3 heteroatoms. The lowest BCUT2D eigenvalue weighted by Gasteiger charge is -2.13. The SMILES string of the molecule is CC[C@H](O)c1ccccc1SCCCOC. The number of hydrogen-bond donors (Lipinski definition) is 1. The number of ether oxygens (including phenoxy) is 1. The molecule has 1 aromatic rings. The number of thioether (sulfide) groups is 1. The van der Waals surface area contributed by atoms with Crippen LogP contribution in [0.2, 0.25) is 0 Å². The number of hydrogen-bond acceptors (Lipinski definition) is 3. The van der Waals surface area contributed by atoms with Crippen LogP contribution in [-0.4, -0.2) is 24.6 Å². The standard InChI is InChI=1S/C13H20O2S/c1-3-12(14)11-7-4-5-8-13(11)16-10-6-9-15-2/h4-5,7-8,12,14H,3,6,9-10H2,1-2H3/t12-/m0/s1. The average Bonchev–Trinajstić information content (AvgIpc) is 2.34. The topological polar surface area (TPSA) is 29.5 Å². The summed E-state index contributed by atoms with van der Waals surface area (Å²) >= 11 is 1.79. The summed E-state index contributed by atoms with van der Waals surface area (Å²) in [5, 5.41) is 9.87. The second kappa shape index (κ2) is 7.71. The minimum absolute atomic E-state index is 0.342. The molecule has 0 aliphatic heterocycles. The monoisotopic (exact) mass is 240 g/mol. The fourth-order valence-electron chi connectivity index (χ4n) is 1.49. The van der Waals surface area contributed by atoms with Crippen LogP contribution in [0, 0.1) is 0 Å². The van der Waals surface area contributed by atoms with Crippen molar-refractivity contribution in [3.05, 3.63) is 29.8 Å². The van der Waals surface area contributed by atoms with Gasteiger partial charge in [-0.3, -0.25) is 0 Å². The Morgan fingerprint density at radius 2 is 2.12 bits per heavy atom. The Kier molecular flexibility index (Phi) is 6.53. The maximum Gasteiger partial charge on any atom is 0.0798 e. The summed E-state index contributed by atoms with van der Waals surface area (Å²) in [6.45, 7) is 2.79. The molecule has 0 heterocycles. The Hall–Kier alpha value is -0.510. The molecule has 0 bridgehead atoms. The third kappa shape index (κ3) is 4.16. The predicted octanol–water partition coefficient (Wildman–Crippen LogP) is 3.26. The molecule has 90 valence electrons. The molecule has 0 aliphatic rings. The van der Waals surface area contributed by atoms with Gasteiger partial charge in [-0.05, 0) is 24.5 Å². The molecule has 0 saturated carbocycles. The van der Waals surface area contributed by atoms with Crippen LogP contribution in [0.5, 0.6) is 0 Å². The van der Waals surface area contributed by atoms with Crippen LogP contribution in [0.25, 0.3) is 0 Å². The third-order valence-electron chi connectivity index (χ3n) is 2.42. The van der Waals surface area contributed by atoms with E-state index in [9.17, 15) is 5.11 Å². The molecular formula is C13H20O2S. The van der Waals surface area contributed by atoms with Crippen molar-refractivity contribution < 1.29 is 9.84 Å². The first-order valence-corrected chi connectivity index (χ1v) is 6.66. The van der Waals surface area contributed by atoms with Crippen LogP contribution in [0.1, 0.15) is 31.4 Å². The van der Waals surface area contributed by atoms with Crippen LogP contribution in [-0.2, 0) is 4.74 Å². The number of methoxy groups -OCH3 is 1. The fourth-order valence-corrected chi connectivity index (χ4v) is 2.52. The van der Waals surface area contributed by atoms with Crippen molar-refractivity contribution >= 4 is 11.8 Å². The van der Waals surface area contributed by atoms with E-state index in [1.807, 2.05) is 25.1 Å². The molecule has 1 atom stereocenters. The lowest BCUT2D eigenvalue weighted by atomic mass is 10.1. The van der Waals surface area contributed by atoms with Crippen LogP contribution >= 0.6 is 11.8 Å². The molecule has 0 radical (unpaired) electrons. The third-order valence-corrected chi connectivity index (χ3v) is 3.59. The van der Waals surface area contributed by atoms with Crippen LogP contribution in [0.3, 0.4) is 0 Å². The molecule has 0 saturated heterocycles. The largest absolute Gasteiger partial charge is 0.388 e. The van der Waals surface area contributed by atoms with Gasteiger partial charge in [0.25, 0.3) is 0 Å². The summed E-state index contributed by atoms with van der Waals surface area (Å²) in [6.07, 6.45) is 1.46. The summed E-state index contributed by atoms with van der Waals surface area (Å²) in [6, 6.07) is 8.08. The number of benzene rings is 1. The van der Waals surface area contributed by atoms with Crippen molar-refractivity contribution in [2.45, 2.75) is 30.8 Å². The average molecular weight is 240 g/mol. The van der Waals surface area contributed by atoms with Crippen molar-refractivity contribution in [1.82, 2.24) is 0 Å². The summed E-state index contributed by atoms with van der Waals surface area (Å²) in [7, 11) is 1.72. The number of aliphatic hydroxyl groups excluding tert-OH is 1. The highest BCUT2D eigenvalue weighted by molar-refractivity contribution is 7.99. The molecule has 0 aromatic heterocycles. The summed E-state index contributed by atoms with van der Waals surface area (Å²) in [5.74, 6) is 1.03. The van der Waals surface area contributed by atoms with E-state index in [4.69, 9.17) is 4.74 Å². The molecule has 0 fully saturated rings. The molecule has 1 rings (SSSR count). The summed E-state index contributed by atoms with van der Waals surface area (Å²) in [5.41, 5.74) is 1.05. The van der Waals surface area contributed by atoms with Gasteiger partial charge in [0.05, 0.1) is 6.10 Å². The summed E-state index contributed by atoms with van der Waals surface area (Å²) in [4.78, 5) is 1.19. The van der Waals surface area contributed by atoms with Crippen molar-refractivity contribution in [2.75, 3.05) is 19.5 Å². The normalized spacial score (nSPS) is 12.7. The van der Waals surface area contributed by atoms with Crippen LogP contribution < -0.4 is 0 Å². The second-order valence-electron chi connectivity index (χ2n) is 3.66. The van der Waals surface area contributed by atoms with Crippen molar-refractivity contribution in [3.63, 3.8) is 0 Å². The van der Waals surface area contributed by atoms with E-state index in [1.165, 1.54) is 4.90 Å². The van der Waals surface area contributed by atoms with E-state index in [2.05, 4.69) is 6.07 Å². The lowest BCUT2D eigenvalue weighted by molar-refractivity contribution is 0.171. The highest BCUT2D eigenvalue weighted by atomic mass is 32.2. The van der Waals surface area contributed by atoms with Gasteiger partial charge in [0.2, 0.25) is 0 Å². The van der Waals surface area contributed by atoms with Gasteiger partial charge in [-0.1, -0.05) is 25.1 Å². The summed E-state index contributed by atoms with van der Waals surface area (Å²) < 4.78 is 5.02. The van der Waals surface area contributed by atoms with E-state index in [-0.39, 0.29) is 6.10 Å². The molecule has 1 aromatic carbocycles. The van der Waals surface area contributed by atoms with E-state index in [1.54, 1.807) is 18.9 Å². The van der Waals surface area contributed by atoms with Gasteiger partial charge >= 0.3 is 0 Å². The van der Waals surface area contributed by atoms with Crippen LogP contribution in [0.4, 0.5) is 0 Å². The molecule has 0 amide bonds. The Bertz CT molecular complexity index is 302. The molecule has 0 unspecified atom stereocenters. The van der Waals surface area contributed by atoms with Gasteiger partial charge < -0.3 is 9.84 Å². The first-order chi connectivity index (χ1) is 7.79. The molecule has 0 spiro atoms. The van der Waals surface area contributed by atoms with Gasteiger partial charge in [-0.2, -0.15) is 0 Å². The number of rotatable bonds is 7. The van der Waals surface area contributed by atoms with Crippen molar-refractivity contribution in [1.29, 1.82) is 0 Å². The van der Waals surface area contributed by atoms with Gasteiger partial charge in [-0.15, -0.1) is 11.8 Å². The van der Waals surface area contributed by atoms with Gasteiger partial charge in [0.15, 0.2) is 0 Å². The van der Waals surface area contributed by atoms with E-state index in [0.29, 0.717) is 0 Å². The molecule has 2 nitrogen and oxygen atoms in total. The lowest BCUT2D eigenvalue weighted by Crippen LogP contribution is -1.98. The first kappa shape index (κ1) is 13.6. The van der Waals surface area contributed by atoms with E-state index >= 15 is 0 Å². The minimum atomic E-state index is -0.342.